The molecule has 8 heteroatoms. The van der Waals surface area contributed by atoms with Crippen LogP contribution in [-0.4, -0.2) is 51.2 Å². The molecule has 112 valence electrons. The topological polar surface area (TPSA) is 93.8 Å². The van der Waals surface area contributed by atoms with Crippen LogP contribution in [0.4, 0.5) is 0 Å². The van der Waals surface area contributed by atoms with Crippen LogP contribution in [0.1, 0.15) is 25.7 Å². The largest absolute Gasteiger partial charge is 0.376 e. The Kier molecular flexibility index (Phi) is 5.87. The van der Waals surface area contributed by atoms with Gasteiger partial charge < -0.3 is 15.8 Å². The Hall–Kier alpha value is -0.0900. The third kappa shape index (κ3) is 4.45. The van der Waals surface area contributed by atoms with E-state index in [1.165, 1.54) is 6.26 Å². The molecule has 1 heterocycles. The van der Waals surface area contributed by atoms with E-state index in [-0.39, 0.29) is 36.6 Å². The average Bonchev–Trinajstić information content (AvgIpc) is 2.93. The SMILES string of the molecule is CS(=O)(=O)C1(CN=C(N)NCC2CCCO2)CC1.I. The summed E-state index contributed by atoms with van der Waals surface area (Å²) >= 11 is 0. The lowest BCUT2D eigenvalue weighted by molar-refractivity contribution is 0.114. The van der Waals surface area contributed by atoms with Gasteiger partial charge in [-0.25, -0.2) is 8.42 Å². The van der Waals surface area contributed by atoms with E-state index in [9.17, 15) is 8.42 Å². The van der Waals surface area contributed by atoms with E-state index in [2.05, 4.69) is 10.3 Å². The zero-order valence-electron chi connectivity index (χ0n) is 11.1. The fraction of sp³-hybridized carbons (Fsp3) is 0.909. The van der Waals surface area contributed by atoms with Crippen LogP contribution in [0.3, 0.4) is 0 Å². The van der Waals surface area contributed by atoms with Crippen LogP contribution in [0.15, 0.2) is 4.99 Å². The Morgan fingerprint density at radius 1 is 1.53 bits per heavy atom. The standard InChI is InChI=1S/C11H21N3O3S.HI/c1-18(15,16)11(4-5-11)8-14-10(12)13-7-9-3-2-6-17-9;/h9H,2-8H2,1H3,(H3,12,13,14);1H. The molecular formula is C11H22IN3O3S. The molecule has 0 bridgehead atoms. The molecule has 0 aromatic rings. The molecule has 2 rings (SSSR count). The van der Waals surface area contributed by atoms with Gasteiger partial charge in [-0.05, 0) is 25.7 Å². The van der Waals surface area contributed by atoms with Gasteiger partial charge in [-0.2, -0.15) is 0 Å². The van der Waals surface area contributed by atoms with E-state index in [1.807, 2.05) is 0 Å². The van der Waals surface area contributed by atoms with Gasteiger partial charge in [0.15, 0.2) is 15.8 Å². The maximum Gasteiger partial charge on any atom is 0.188 e. The Labute approximate surface area is 131 Å². The smallest absolute Gasteiger partial charge is 0.188 e. The van der Waals surface area contributed by atoms with Gasteiger partial charge in [0.2, 0.25) is 0 Å². The van der Waals surface area contributed by atoms with Crippen molar-refractivity contribution in [3.05, 3.63) is 0 Å². The van der Waals surface area contributed by atoms with Crippen LogP contribution in [0, 0.1) is 0 Å². The molecule has 0 spiro atoms. The van der Waals surface area contributed by atoms with Crippen molar-refractivity contribution in [1.82, 2.24) is 5.32 Å². The Morgan fingerprint density at radius 2 is 2.21 bits per heavy atom. The van der Waals surface area contributed by atoms with Crippen molar-refractivity contribution in [3.8, 4) is 0 Å². The highest BCUT2D eigenvalue weighted by atomic mass is 127. The summed E-state index contributed by atoms with van der Waals surface area (Å²) < 4.78 is 27.9. The molecule has 2 fully saturated rings. The summed E-state index contributed by atoms with van der Waals surface area (Å²) in [7, 11) is -3.03. The predicted octanol–water partition coefficient (Wildman–Crippen LogP) is 0.265. The normalized spacial score (nSPS) is 25.7. The summed E-state index contributed by atoms with van der Waals surface area (Å²) in [5.74, 6) is 0.306. The molecule has 0 radical (unpaired) electrons. The summed E-state index contributed by atoms with van der Waals surface area (Å²) in [6.45, 7) is 1.71. The molecule has 6 nitrogen and oxygen atoms in total. The zero-order valence-corrected chi connectivity index (χ0v) is 14.2. The first kappa shape index (κ1) is 17.0. The van der Waals surface area contributed by atoms with Crippen LogP contribution in [0.2, 0.25) is 0 Å². The summed E-state index contributed by atoms with van der Waals surface area (Å²) in [6.07, 6.45) is 4.96. The summed E-state index contributed by atoms with van der Waals surface area (Å²) in [5.41, 5.74) is 5.72. The van der Waals surface area contributed by atoms with Crippen molar-refractivity contribution < 1.29 is 13.2 Å². The second-order valence-electron chi connectivity index (χ2n) is 5.17. The molecule has 1 aliphatic heterocycles. The fourth-order valence-electron chi connectivity index (χ4n) is 2.09. The summed E-state index contributed by atoms with van der Waals surface area (Å²) in [4.78, 5) is 4.13. The van der Waals surface area contributed by atoms with Crippen LogP contribution < -0.4 is 11.1 Å². The van der Waals surface area contributed by atoms with Crippen LogP contribution in [-0.2, 0) is 14.6 Å². The lowest BCUT2D eigenvalue weighted by Gasteiger charge is -2.13. The molecule has 0 amide bonds. The molecule has 1 atom stereocenters. The molecule has 19 heavy (non-hydrogen) atoms. The molecule has 0 aromatic heterocycles. The van der Waals surface area contributed by atoms with E-state index in [0.29, 0.717) is 25.3 Å². The number of guanidine groups is 1. The molecule has 1 saturated heterocycles. The quantitative estimate of drug-likeness (QED) is 0.391. The lowest BCUT2D eigenvalue weighted by Crippen LogP contribution is -2.38. The second-order valence-corrected chi connectivity index (χ2v) is 7.58. The molecule has 1 saturated carbocycles. The van der Waals surface area contributed by atoms with Gasteiger partial charge in [0.25, 0.3) is 0 Å². The van der Waals surface area contributed by atoms with Crippen molar-refractivity contribution in [2.75, 3.05) is 26.0 Å². The monoisotopic (exact) mass is 403 g/mol. The highest BCUT2D eigenvalue weighted by molar-refractivity contribution is 14.0. The van der Waals surface area contributed by atoms with E-state index < -0.39 is 14.6 Å². The van der Waals surface area contributed by atoms with Crippen molar-refractivity contribution in [2.45, 2.75) is 36.5 Å². The third-order valence-corrected chi connectivity index (χ3v) is 5.78. The number of halogens is 1. The van der Waals surface area contributed by atoms with Crippen molar-refractivity contribution >= 4 is 39.8 Å². The number of rotatable bonds is 5. The third-order valence-electron chi connectivity index (χ3n) is 3.67. The van der Waals surface area contributed by atoms with E-state index in [0.717, 1.165) is 19.4 Å². The van der Waals surface area contributed by atoms with Crippen molar-refractivity contribution in [3.63, 3.8) is 0 Å². The number of nitrogens with two attached hydrogens (primary N) is 1. The van der Waals surface area contributed by atoms with Gasteiger partial charge in [-0.3, -0.25) is 4.99 Å². The number of nitrogens with one attached hydrogen (secondary N) is 1. The molecular weight excluding hydrogens is 381 g/mol. The van der Waals surface area contributed by atoms with Crippen LogP contribution >= 0.6 is 24.0 Å². The van der Waals surface area contributed by atoms with E-state index in [4.69, 9.17) is 10.5 Å². The molecule has 2 aliphatic rings. The molecule has 3 N–H and O–H groups in total. The van der Waals surface area contributed by atoms with Crippen molar-refractivity contribution in [1.29, 1.82) is 0 Å². The van der Waals surface area contributed by atoms with Gasteiger partial charge in [0, 0.05) is 19.4 Å². The number of nitrogens with zero attached hydrogens (tertiary/aromatic N) is 1. The lowest BCUT2D eigenvalue weighted by atomic mass is 10.2. The molecule has 0 aromatic carbocycles. The Balaban J connectivity index is 0.00000180. The second kappa shape index (κ2) is 6.57. The number of hydrogen-bond donors (Lipinski definition) is 2. The minimum Gasteiger partial charge on any atom is -0.376 e. The number of ether oxygens (including phenoxy) is 1. The molecule has 1 aliphatic carbocycles. The van der Waals surface area contributed by atoms with Gasteiger partial charge in [-0.1, -0.05) is 0 Å². The highest BCUT2D eigenvalue weighted by Crippen LogP contribution is 2.43. The zero-order chi connectivity index (χ0) is 13.2. The first-order chi connectivity index (χ1) is 8.43. The predicted molar refractivity (Wildman–Crippen MR) is 85.7 cm³/mol. The average molecular weight is 403 g/mol. The van der Waals surface area contributed by atoms with Gasteiger partial charge in [0.1, 0.15) is 0 Å². The van der Waals surface area contributed by atoms with E-state index in [1.54, 1.807) is 0 Å². The Bertz CT molecular complexity index is 428. The first-order valence-electron chi connectivity index (χ1n) is 6.28. The minimum atomic E-state index is -3.03. The van der Waals surface area contributed by atoms with Gasteiger partial charge in [0.05, 0.1) is 17.4 Å². The minimum absolute atomic E-state index is 0. The maximum absolute atomic E-state index is 11.5. The molecule has 1 unspecified atom stereocenters. The van der Waals surface area contributed by atoms with E-state index >= 15 is 0 Å². The van der Waals surface area contributed by atoms with Crippen LogP contribution in [0.5, 0.6) is 0 Å². The fourth-order valence-corrected chi connectivity index (χ4v) is 3.24. The van der Waals surface area contributed by atoms with Crippen LogP contribution in [0.25, 0.3) is 0 Å². The number of hydrogen-bond acceptors (Lipinski definition) is 4. The maximum atomic E-state index is 11.5. The van der Waals surface area contributed by atoms with Gasteiger partial charge >= 0.3 is 0 Å². The number of aliphatic imine (C=N–C) groups is 1. The Morgan fingerprint density at radius 3 is 2.68 bits per heavy atom. The van der Waals surface area contributed by atoms with Gasteiger partial charge in [-0.15, -0.1) is 24.0 Å². The van der Waals surface area contributed by atoms with Crippen molar-refractivity contribution in [2.24, 2.45) is 10.7 Å². The first-order valence-corrected chi connectivity index (χ1v) is 8.17. The highest BCUT2D eigenvalue weighted by Gasteiger charge is 2.51. The number of sulfone groups is 1. The summed E-state index contributed by atoms with van der Waals surface area (Å²) in [5, 5.41) is 2.98. The summed E-state index contributed by atoms with van der Waals surface area (Å²) in [6, 6.07) is 0.